The van der Waals surface area contributed by atoms with Crippen LogP contribution in [-0.4, -0.2) is 28.1 Å². The average Bonchev–Trinajstić information content (AvgIpc) is 3.56. The van der Waals surface area contributed by atoms with Gasteiger partial charge in [0.05, 0.1) is 0 Å². The monoisotopic (exact) mass is 963 g/mol. The van der Waals surface area contributed by atoms with Crippen molar-refractivity contribution < 1.29 is 35.3 Å². The van der Waals surface area contributed by atoms with Crippen molar-refractivity contribution >= 4 is 11.4 Å². The normalized spacial score (nSPS) is 12.3. The summed E-state index contributed by atoms with van der Waals surface area (Å²) in [6.07, 6.45) is 41.4. The van der Waals surface area contributed by atoms with Crippen molar-refractivity contribution in [1.29, 1.82) is 0 Å². The fraction of sp³-hybridized carbons (Fsp3) is 0.724. The molecule has 0 fully saturated rings. The molecule has 0 saturated carbocycles. The number of aliphatic hydroxyl groups is 2. The molecule has 0 spiro atoms. The summed E-state index contributed by atoms with van der Waals surface area (Å²) in [7, 11) is 0. The second-order valence-corrected chi connectivity index (χ2v) is 18.6. The molecule has 63 heavy (non-hydrogen) atoms. The van der Waals surface area contributed by atoms with Crippen molar-refractivity contribution in [3.63, 3.8) is 0 Å². The molecule has 0 radical (unpaired) electrons. The maximum atomic E-state index is 12.2. The molecule has 0 saturated heterocycles. The van der Waals surface area contributed by atoms with Crippen LogP contribution in [0.25, 0.3) is 16.9 Å². The minimum Gasteiger partial charge on any atom is -0.493 e. The molecular formula is C58H100N2O2Pd. The van der Waals surface area contributed by atoms with E-state index in [4.69, 9.17) is 10.2 Å². The summed E-state index contributed by atoms with van der Waals surface area (Å²) in [4.78, 5) is 0. The molecule has 364 valence electrons. The molecule has 1 aliphatic heterocycles. The number of aryl methyl sites for hydroxylation is 4. The van der Waals surface area contributed by atoms with Crippen molar-refractivity contribution in [2.24, 2.45) is 0 Å². The maximum Gasteiger partial charge on any atom is 0.211 e. The van der Waals surface area contributed by atoms with Gasteiger partial charge in [0.25, 0.3) is 0 Å². The summed E-state index contributed by atoms with van der Waals surface area (Å²) < 4.78 is 1.59. The molecule has 0 bridgehead atoms. The van der Waals surface area contributed by atoms with E-state index >= 15 is 0 Å². The van der Waals surface area contributed by atoms with Crippen LogP contribution in [0.4, 0.5) is 0 Å². The zero-order valence-electron chi connectivity index (χ0n) is 42.6. The molecule has 0 amide bonds. The van der Waals surface area contributed by atoms with Crippen LogP contribution in [0.2, 0.25) is 0 Å². The molecule has 2 N–H and O–H groups in total. The van der Waals surface area contributed by atoms with Crippen molar-refractivity contribution in [3.8, 4) is 0 Å². The predicted octanol–water partition coefficient (Wildman–Crippen LogP) is 18.3. The van der Waals surface area contributed by atoms with Crippen molar-refractivity contribution in [2.45, 2.75) is 261 Å². The molecule has 4 nitrogen and oxygen atoms in total. The van der Waals surface area contributed by atoms with Gasteiger partial charge in [0.2, 0.25) is 11.4 Å². The van der Waals surface area contributed by atoms with E-state index in [1.54, 1.807) is 4.70 Å². The van der Waals surface area contributed by atoms with E-state index < -0.39 is 0 Å². The molecule has 1 aliphatic rings. The molecule has 5 heteroatoms. The van der Waals surface area contributed by atoms with E-state index in [0.29, 0.717) is 13.2 Å². The summed E-state index contributed by atoms with van der Waals surface area (Å²) in [5.41, 5.74) is 24.7. The second kappa shape index (κ2) is 41.5. The topological polar surface area (TPSA) is 65.8 Å². The van der Waals surface area contributed by atoms with Crippen LogP contribution >= 0.6 is 0 Å². The third-order valence-corrected chi connectivity index (χ3v) is 12.4. The third-order valence-electron chi connectivity index (χ3n) is 12.4. The van der Waals surface area contributed by atoms with Crippen LogP contribution in [0.15, 0.2) is 47.5 Å². The van der Waals surface area contributed by atoms with Gasteiger partial charge in [-0.05, 0) is 107 Å². The Balaban J connectivity index is 0.00000392. The van der Waals surface area contributed by atoms with E-state index in [2.05, 4.69) is 77.9 Å². The van der Waals surface area contributed by atoms with Gasteiger partial charge in [-0.25, -0.2) is 4.70 Å². The van der Waals surface area contributed by atoms with Gasteiger partial charge >= 0.3 is 0 Å². The van der Waals surface area contributed by atoms with Gasteiger partial charge in [-0.15, -0.1) is 0 Å². The maximum absolute atomic E-state index is 12.2. The van der Waals surface area contributed by atoms with Gasteiger partial charge in [-0.2, -0.15) is 0 Å². The fourth-order valence-corrected chi connectivity index (χ4v) is 8.88. The Hall–Kier alpha value is -1.90. The molecule has 2 aromatic carbocycles. The number of hydrogen-bond acceptors (Lipinski definition) is 2. The molecular weight excluding hydrogens is 863 g/mol. The van der Waals surface area contributed by atoms with E-state index in [9.17, 15) is 5.53 Å². The summed E-state index contributed by atoms with van der Waals surface area (Å²) in [5.74, 6) is 0. The van der Waals surface area contributed by atoms with Crippen molar-refractivity contribution in [3.05, 3.63) is 86.5 Å². The first-order valence-corrected chi connectivity index (χ1v) is 26.7. The second-order valence-electron chi connectivity index (χ2n) is 18.6. The number of rotatable bonds is 34. The van der Waals surface area contributed by atoms with Gasteiger partial charge in [0.15, 0.2) is 0 Å². The first-order chi connectivity index (χ1) is 30.3. The number of nitrogens with zero attached hydrogens (tertiary/aromatic N) is 2. The number of unbranched alkanes of at least 4 members (excludes halogenated alkanes) is 23. The van der Waals surface area contributed by atoms with E-state index in [-0.39, 0.29) is 20.4 Å². The predicted molar refractivity (Wildman–Crippen MR) is 274 cm³/mol. The van der Waals surface area contributed by atoms with E-state index in [1.807, 2.05) is 13.8 Å². The first kappa shape index (κ1) is 61.1. The van der Waals surface area contributed by atoms with Gasteiger partial charge in [0, 0.05) is 55.9 Å². The minimum atomic E-state index is 0. The smallest absolute Gasteiger partial charge is 0.211 e. The summed E-state index contributed by atoms with van der Waals surface area (Å²) in [5, 5.41) is 15.8. The number of aliphatic hydroxyl groups excluding tert-OH is 2. The zero-order valence-corrected chi connectivity index (χ0v) is 44.2. The Morgan fingerprint density at radius 3 is 0.984 bits per heavy atom. The van der Waals surface area contributed by atoms with Crippen LogP contribution in [0.1, 0.15) is 268 Å². The van der Waals surface area contributed by atoms with E-state index in [0.717, 1.165) is 62.8 Å². The average molecular weight is 964 g/mol. The third kappa shape index (κ3) is 27.4. The Morgan fingerprint density at radius 1 is 0.381 bits per heavy atom. The molecule has 0 atom stereocenters. The summed E-state index contributed by atoms with van der Waals surface area (Å²) in [6.45, 7) is 18.1. The molecule has 3 rings (SSSR count). The van der Waals surface area contributed by atoms with Crippen LogP contribution in [0.5, 0.6) is 0 Å². The Kier molecular flexibility index (Phi) is 40.3. The quantitative estimate of drug-likeness (QED) is 0.0417. The van der Waals surface area contributed by atoms with Gasteiger partial charge < -0.3 is 15.7 Å². The standard InChI is InChI=1S/C52H84N2.2C3H8O.Pd/c1-7-11-14-16-18-20-22-24-26-28-30-32-34-45-37-43(5)39-47(41-45)51-49(10-4)50(36-13-9-3)52(54(51)53)48-40-44(6)38-46(42-48)35-33-31-29-27-25-23-21-19-17-15-12-8-2;2*1-2-3-4;/h37-42H,7-36H2,1-6H3;2*4H,2-3H2,1H3;. The minimum absolute atomic E-state index is 0. The molecule has 2 aromatic rings. The molecule has 0 aliphatic carbocycles. The van der Waals surface area contributed by atoms with Crippen molar-refractivity contribution in [2.75, 3.05) is 13.2 Å². The first-order valence-electron chi connectivity index (χ1n) is 26.7. The van der Waals surface area contributed by atoms with Gasteiger partial charge in [-0.1, -0.05) is 212 Å². The molecule has 0 unspecified atom stereocenters. The van der Waals surface area contributed by atoms with Crippen LogP contribution < -0.4 is 0 Å². The van der Waals surface area contributed by atoms with Crippen LogP contribution in [0.3, 0.4) is 0 Å². The van der Waals surface area contributed by atoms with E-state index in [1.165, 1.54) is 199 Å². The van der Waals surface area contributed by atoms with Crippen LogP contribution in [-0.2, 0) is 33.3 Å². The largest absolute Gasteiger partial charge is 0.493 e. The SMILES string of the molecule is CCCCCCCCCCCCCCc1cc(C)cc(C2=C(CC)C(CCCC)=C(c3cc(C)cc(CCCCCCCCCCCCCC)c3)[N+]2=[N-])c1.CCCO.CCCO.[Pd]. The summed E-state index contributed by atoms with van der Waals surface area (Å²) >= 11 is 0. The Morgan fingerprint density at radius 2 is 0.683 bits per heavy atom. The number of hydrogen-bond donors (Lipinski definition) is 2. The number of benzene rings is 2. The van der Waals surface area contributed by atoms with Gasteiger partial charge in [0.1, 0.15) is 0 Å². The zero-order chi connectivity index (χ0) is 45.6. The molecule has 0 aromatic heterocycles. The van der Waals surface area contributed by atoms with Crippen molar-refractivity contribution in [1.82, 2.24) is 0 Å². The number of allylic oxidation sites excluding steroid dienone is 2. The van der Waals surface area contributed by atoms with Crippen LogP contribution in [0, 0.1) is 13.8 Å². The molecule has 1 heterocycles. The Bertz CT molecular complexity index is 1490. The fourth-order valence-electron chi connectivity index (χ4n) is 8.88. The summed E-state index contributed by atoms with van der Waals surface area (Å²) in [6, 6.07) is 14.1. The Labute approximate surface area is 405 Å². The van der Waals surface area contributed by atoms with Gasteiger partial charge in [-0.3, -0.25) is 0 Å².